The number of fused-ring (bicyclic) bond motifs is 2. The maximum Gasteiger partial charge on any atom is 0.0243 e. The van der Waals surface area contributed by atoms with E-state index < -0.39 is 0 Å². The van der Waals surface area contributed by atoms with Crippen LogP contribution in [0, 0.1) is 11.8 Å². The summed E-state index contributed by atoms with van der Waals surface area (Å²) in [7, 11) is 0. The molecule has 0 aromatic heterocycles. The zero-order valence-corrected chi connectivity index (χ0v) is 13.8. The Labute approximate surface area is 138 Å². The maximum atomic E-state index is 2.36. The molecule has 2 aromatic rings. The van der Waals surface area contributed by atoms with E-state index in [2.05, 4.69) is 86.7 Å². The van der Waals surface area contributed by atoms with Crippen molar-refractivity contribution in [2.45, 2.75) is 20.3 Å². The number of benzene rings is 2. The highest BCUT2D eigenvalue weighted by Crippen LogP contribution is 2.48. The molecule has 2 aromatic carbocycles. The van der Waals surface area contributed by atoms with Crippen molar-refractivity contribution in [2.24, 2.45) is 11.8 Å². The molecule has 0 fully saturated rings. The van der Waals surface area contributed by atoms with E-state index >= 15 is 0 Å². The number of allylic oxidation sites excluding steroid dienone is 8. The maximum absolute atomic E-state index is 2.36. The molecule has 0 heterocycles. The van der Waals surface area contributed by atoms with Crippen LogP contribution in [0.4, 0.5) is 0 Å². The summed E-state index contributed by atoms with van der Waals surface area (Å²) in [5.74, 6) is 1.00. The van der Waals surface area contributed by atoms with Crippen LogP contribution < -0.4 is 0 Å². The van der Waals surface area contributed by atoms with Crippen LogP contribution in [0.15, 0.2) is 84.0 Å². The van der Waals surface area contributed by atoms with E-state index in [9.17, 15) is 0 Å². The van der Waals surface area contributed by atoms with Gasteiger partial charge in [-0.2, -0.15) is 0 Å². The predicted octanol–water partition coefficient (Wildman–Crippen LogP) is 6.32. The van der Waals surface area contributed by atoms with E-state index in [1.807, 2.05) is 0 Å². The van der Waals surface area contributed by atoms with E-state index in [1.54, 1.807) is 5.57 Å². The van der Waals surface area contributed by atoms with Crippen LogP contribution in [0.3, 0.4) is 0 Å². The third-order valence-corrected chi connectivity index (χ3v) is 5.06. The molecule has 0 saturated heterocycles. The summed E-state index contributed by atoms with van der Waals surface area (Å²) in [5.41, 5.74) is 6.06. The minimum Gasteiger partial charge on any atom is -0.0729 e. The van der Waals surface area contributed by atoms with Gasteiger partial charge in [-0.1, -0.05) is 97.8 Å². The molecule has 0 aliphatic heterocycles. The average Bonchev–Trinajstić information content (AvgIpc) is 2.77. The molecule has 0 nitrogen and oxygen atoms in total. The summed E-state index contributed by atoms with van der Waals surface area (Å²) in [6.07, 6.45) is 12.3. The highest BCUT2D eigenvalue weighted by atomic mass is 14.3. The molecule has 114 valence electrons. The largest absolute Gasteiger partial charge is 0.0729 e. The lowest BCUT2D eigenvalue weighted by Crippen LogP contribution is -2.00. The molecule has 0 saturated carbocycles. The number of rotatable bonds is 2. The summed E-state index contributed by atoms with van der Waals surface area (Å²) >= 11 is 0. The summed E-state index contributed by atoms with van der Waals surface area (Å²) in [4.78, 5) is 0. The first-order valence-electron chi connectivity index (χ1n) is 8.50. The van der Waals surface area contributed by atoms with E-state index in [-0.39, 0.29) is 0 Å². The van der Waals surface area contributed by atoms with E-state index in [0.717, 1.165) is 6.42 Å². The van der Waals surface area contributed by atoms with Crippen molar-refractivity contribution in [3.05, 3.63) is 89.6 Å². The van der Waals surface area contributed by atoms with Crippen molar-refractivity contribution >= 4 is 16.3 Å². The summed E-state index contributed by atoms with van der Waals surface area (Å²) in [6, 6.07) is 15.5. The summed E-state index contributed by atoms with van der Waals surface area (Å²) in [6.45, 7) is 4.65. The topological polar surface area (TPSA) is 0 Å². The van der Waals surface area contributed by atoms with Gasteiger partial charge >= 0.3 is 0 Å². The molecule has 0 radical (unpaired) electrons. The monoisotopic (exact) mass is 298 g/mol. The van der Waals surface area contributed by atoms with Gasteiger partial charge in [0, 0.05) is 5.92 Å². The Kier molecular flexibility index (Phi) is 3.53. The van der Waals surface area contributed by atoms with Crippen LogP contribution in [-0.2, 0) is 0 Å². The lowest BCUT2D eigenvalue weighted by molar-refractivity contribution is 0.753. The molecule has 0 spiro atoms. The molecule has 0 heteroatoms. The van der Waals surface area contributed by atoms with Crippen LogP contribution in [0.1, 0.15) is 25.8 Å². The SMILES string of the molecule is CC(C)C1=C(c2cccc3ccccc23)C2C=CC=CC=C2C1. The number of hydrogen-bond donors (Lipinski definition) is 0. The second-order valence-electron chi connectivity index (χ2n) is 6.79. The highest BCUT2D eigenvalue weighted by molar-refractivity contribution is 5.96. The second-order valence-corrected chi connectivity index (χ2v) is 6.79. The summed E-state index contributed by atoms with van der Waals surface area (Å²) < 4.78 is 0. The first-order chi connectivity index (χ1) is 11.3. The Morgan fingerprint density at radius 1 is 0.913 bits per heavy atom. The van der Waals surface area contributed by atoms with Gasteiger partial charge in [0.2, 0.25) is 0 Å². The normalized spacial score (nSPS) is 20.1. The van der Waals surface area contributed by atoms with Gasteiger partial charge in [0.1, 0.15) is 0 Å². The lowest BCUT2D eigenvalue weighted by atomic mass is 9.86. The van der Waals surface area contributed by atoms with Crippen LogP contribution in [0.5, 0.6) is 0 Å². The van der Waals surface area contributed by atoms with Crippen molar-refractivity contribution in [2.75, 3.05) is 0 Å². The predicted molar refractivity (Wildman–Crippen MR) is 100 cm³/mol. The van der Waals surface area contributed by atoms with Crippen LogP contribution in [-0.4, -0.2) is 0 Å². The molecular weight excluding hydrogens is 276 g/mol. The van der Waals surface area contributed by atoms with Crippen molar-refractivity contribution < 1.29 is 0 Å². The van der Waals surface area contributed by atoms with Gasteiger partial charge < -0.3 is 0 Å². The third kappa shape index (κ3) is 2.39. The molecular formula is C23H22. The Morgan fingerprint density at radius 2 is 1.74 bits per heavy atom. The third-order valence-electron chi connectivity index (χ3n) is 5.06. The van der Waals surface area contributed by atoms with E-state index in [0.29, 0.717) is 11.8 Å². The summed E-state index contributed by atoms with van der Waals surface area (Å²) in [5, 5.41) is 2.70. The van der Waals surface area contributed by atoms with E-state index in [1.165, 1.54) is 27.5 Å². The molecule has 1 atom stereocenters. The van der Waals surface area contributed by atoms with Crippen molar-refractivity contribution in [3.8, 4) is 0 Å². The minimum atomic E-state index is 0.424. The standard InChI is InChI=1S/C23H22/c1-16(2)22-15-18-10-4-3-5-13-20(18)23(22)21-14-8-11-17-9-6-7-12-19(17)21/h3-14,16,20H,15H2,1-2H3. The molecule has 0 bridgehead atoms. The van der Waals surface area contributed by atoms with E-state index in [4.69, 9.17) is 0 Å². The Bertz CT molecular complexity index is 867. The zero-order valence-electron chi connectivity index (χ0n) is 13.8. The van der Waals surface area contributed by atoms with Crippen molar-refractivity contribution in [1.29, 1.82) is 0 Å². The molecule has 2 aliphatic rings. The Morgan fingerprint density at radius 3 is 2.61 bits per heavy atom. The van der Waals surface area contributed by atoms with Crippen molar-refractivity contribution in [3.63, 3.8) is 0 Å². The van der Waals surface area contributed by atoms with Crippen LogP contribution in [0.25, 0.3) is 16.3 Å². The fourth-order valence-electron chi connectivity index (χ4n) is 3.93. The molecule has 4 rings (SSSR count). The Balaban J connectivity index is 1.98. The molecule has 1 unspecified atom stereocenters. The molecule has 0 N–H and O–H groups in total. The smallest absolute Gasteiger partial charge is 0.0243 e. The van der Waals surface area contributed by atoms with Gasteiger partial charge in [-0.3, -0.25) is 0 Å². The zero-order chi connectivity index (χ0) is 15.8. The lowest BCUT2D eigenvalue weighted by Gasteiger charge is -2.17. The van der Waals surface area contributed by atoms with Gasteiger partial charge in [-0.15, -0.1) is 0 Å². The molecule has 2 aliphatic carbocycles. The van der Waals surface area contributed by atoms with Gasteiger partial charge in [0.05, 0.1) is 0 Å². The van der Waals surface area contributed by atoms with Crippen molar-refractivity contribution in [1.82, 2.24) is 0 Å². The average molecular weight is 298 g/mol. The first-order valence-corrected chi connectivity index (χ1v) is 8.50. The Hall–Kier alpha value is -2.34. The first kappa shape index (κ1) is 14.3. The molecule has 0 amide bonds. The molecule has 23 heavy (non-hydrogen) atoms. The highest BCUT2D eigenvalue weighted by Gasteiger charge is 2.31. The minimum absolute atomic E-state index is 0.424. The second kappa shape index (κ2) is 5.70. The van der Waals surface area contributed by atoms with Crippen LogP contribution in [0.2, 0.25) is 0 Å². The fourth-order valence-corrected chi connectivity index (χ4v) is 3.93. The quantitative estimate of drug-likeness (QED) is 0.608. The number of hydrogen-bond acceptors (Lipinski definition) is 0. The van der Waals surface area contributed by atoms with Gasteiger partial charge in [0.25, 0.3) is 0 Å². The van der Waals surface area contributed by atoms with Gasteiger partial charge in [-0.25, -0.2) is 0 Å². The van der Waals surface area contributed by atoms with Crippen LogP contribution >= 0.6 is 0 Å². The van der Waals surface area contributed by atoms with Gasteiger partial charge in [0.15, 0.2) is 0 Å². The fraction of sp³-hybridized carbons (Fsp3) is 0.217. The van der Waals surface area contributed by atoms with Gasteiger partial charge in [-0.05, 0) is 34.2 Å².